The van der Waals surface area contributed by atoms with E-state index in [9.17, 15) is 8.42 Å². The Hall–Kier alpha value is -0.900. The third kappa shape index (κ3) is 2.80. The Kier molecular flexibility index (Phi) is 3.26. The molecular formula is C10H15NO2S. The van der Waals surface area contributed by atoms with Crippen LogP contribution in [0.25, 0.3) is 0 Å². The van der Waals surface area contributed by atoms with Crippen LogP contribution in [-0.2, 0) is 9.84 Å². The molecule has 1 rings (SSSR count). The Labute approximate surface area is 85.1 Å². The van der Waals surface area contributed by atoms with Crippen molar-refractivity contribution in [2.24, 2.45) is 5.92 Å². The minimum atomic E-state index is -3.14. The first-order valence-electron chi connectivity index (χ1n) is 4.57. The molecule has 0 unspecified atom stereocenters. The van der Waals surface area contributed by atoms with E-state index in [1.165, 1.54) is 6.20 Å². The number of sulfone groups is 1. The van der Waals surface area contributed by atoms with E-state index in [4.69, 9.17) is 0 Å². The number of hydrogen-bond donors (Lipinski definition) is 0. The highest BCUT2D eigenvalue weighted by Crippen LogP contribution is 2.12. The molecule has 1 heterocycles. The smallest absolute Gasteiger partial charge is 0.180 e. The average molecular weight is 213 g/mol. The van der Waals surface area contributed by atoms with Gasteiger partial charge in [0.05, 0.1) is 10.6 Å². The molecule has 1 aromatic heterocycles. The Bertz CT molecular complexity index is 393. The molecule has 0 fully saturated rings. The van der Waals surface area contributed by atoms with E-state index in [0.717, 1.165) is 5.69 Å². The molecule has 0 N–H and O–H groups in total. The third-order valence-corrected chi connectivity index (χ3v) is 3.86. The van der Waals surface area contributed by atoms with Crippen molar-refractivity contribution in [3.8, 4) is 0 Å². The van der Waals surface area contributed by atoms with E-state index in [2.05, 4.69) is 4.98 Å². The number of aromatic nitrogens is 1. The second-order valence-electron chi connectivity index (χ2n) is 3.81. The van der Waals surface area contributed by atoms with Crippen LogP contribution in [0.3, 0.4) is 0 Å². The summed E-state index contributed by atoms with van der Waals surface area (Å²) >= 11 is 0. The van der Waals surface area contributed by atoms with Crippen LogP contribution in [0.5, 0.6) is 0 Å². The quantitative estimate of drug-likeness (QED) is 0.769. The van der Waals surface area contributed by atoms with E-state index < -0.39 is 9.84 Å². The number of hydrogen-bond acceptors (Lipinski definition) is 3. The maximum absolute atomic E-state index is 11.7. The molecule has 0 radical (unpaired) electrons. The second-order valence-corrected chi connectivity index (χ2v) is 5.84. The summed E-state index contributed by atoms with van der Waals surface area (Å²) in [5, 5.41) is 0. The number of rotatable bonds is 3. The Morgan fingerprint density at radius 2 is 2.00 bits per heavy atom. The van der Waals surface area contributed by atoms with Crippen LogP contribution < -0.4 is 0 Å². The summed E-state index contributed by atoms with van der Waals surface area (Å²) in [7, 11) is -3.14. The van der Waals surface area contributed by atoms with Gasteiger partial charge in [-0.1, -0.05) is 13.8 Å². The van der Waals surface area contributed by atoms with Crippen molar-refractivity contribution in [3.05, 3.63) is 24.0 Å². The van der Waals surface area contributed by atoms with Crippen molar-refractivity contribution in [3.63, 3.8) is 0 Å². The fraction of sp³-hybridized carbons (Fsp3) is 0.500. The molecule has 0 saturated heterocycles. The largest absolute Gasteiger partial charge is 0.260 e. The Morgan fingerprint density at radius 1 is 1.36 bits per heavy atom. The lowest BCUT2D eigenvalue weighted by Gasteiger charge is -2.06. The predicted molar refractivity (Wildman–Crippen MR) is 55.9 cm³/mol. The average Bonchev–Trinajstić information content (AvgIpc) is 2.02. The van der Waals surface area contributed by atoms with Crippen molar-refractivity contribution >= 4 is 9.84 Å². The van der Waals surface area contributed by atoms with Gasteiger partial charge in [-0.25, -0.2) is 8.42 Å². The van der Waals surface area contributed by atoms with Crippen LogP contribution in [0.15, 0.2) is 23.2 Å². The first-order valence-corrected chi connectivity index (χ1v) is 6.22. The second kappa shape index (κ2) is 4.09. The van der Waals surface area contributed by atoms with Crippen LogP contribution in [-0.4, -0.2) is 19.2 Å². The summed E-state index contributed by atoms with van der Waals surface area (Å²) in [4.78, 5) is 4.29. The summed E-state index contributed by atoms with van der Waals surface area (Å²) in [6.45, 7) is 5.61. The van der Waals surface area contributed by atoms with Crippen LogP contribution in [0.2, 0.25) is 0 Å². The fourth-order valence-corrected chi connectivity index (χ4v) is 2.73. The summed E-state index contributed by atoms with van der Waals surface area (Å²) < 4.78 is 23.4. The molecule has 0 aliphatic heterocycles. The molecular weight excluding hydrogens is 198 g/mol. The lowest BCUT2D eigenvalue weighted by molar-refractivity contribution is 0.582. The Morgan fingerprint density at radius 3 is 2.43 bits per heavy atom. The lowest BCUT2D eigenvalue weighted by Crippen LogP contribution is -2.12. The summed E-state index contributed by atoms with van der Waals surface area (Å²) in [5.74, 6) is 0.318. The zero-order valence-electron chi connectivity index (χ0n) is 8.69. The minimum absolute atomic E-state index is 0.140. The van der Waals surface area contributed by atoms with Crippen molar-refractivity contribution in [2.75, 3.05) is 5.75 Å². The summed E-state index contributed by atoms with van der Waals surface area (Å²) in [6.07, 6.45) is 1.42. The first kappa shape index (κ1) is 11.2. The zero-order chi connectivity index (χ0) is 10.8. The summed E-state index contributed by atoms with van der Waals surface area (Å²) in [5.41, 5.74) is 0.827. The molecule has 78 valence electrons. The molecule has 3 nitrogen and oxygen atoms in total. The SMILES string of the molecule is Cc1ccc(S(=O)(=O)CC(C)C)cn1. The van der Waals surface area contributed by atoms with Crippen molar-refractivity contribution in [1.29, 1.82) is 0 Å². The highest BCUT2D eigenvalue weighted by molar-refractivity contribution is 7.91. The number of nitrogens with zero attached hydrogens (tertiary/aromatic N) is 1. The van der Waals surface area contributed by atoms with E-state index in [-0.39, 0.29) is 11.7 Å². The molecule has 0 aromatic carbocycles. The van der Waals surface area contributed by atoms with E-state index in [0.29, 0.717) is 4.90 Å². The van der Waals surface area contributed by atoms with E-state index >= 15 is 0 Å². The predicted octanol–water partition coefficient (Wildman–Crippen LogP) is 1.82. The van der Waals surface area contributed by atoms with Gasteiger partial charge in [0.25, 0.3) is 0 Å². The van der Waals surface area contributed by atoms with Crippen LogP contribution in [0.4, 0.5) is 0 Å². The van der Waals surface area contributed by atoms with Gasteiger partial charge in [0.2, 0.25) is 0 Å². The molecule has 0 bridgehead atoms. The molecule has 0 amide bonds. The van der Waals surface area contributed by atoms with Crippen molar-refractivity contribution in [2.45, 2.75) is 25.7 Å². The van der Waals surface area contributed by atoms with Gasteiger partial charge in [-0.2, -0.15) is 0 Å². The topological polar surface area (TPSA) is 47.0 Å². The van der Waals surface area contributed by atoms with Gasteiger partial charge in [0.15, 0.2) is 9.84 Å². The van der Waals surface area contributed by atoms with Gasteiger partial charge in [-0.05, 0) is 25.0 Å². The van der Waals surface area contributed by atoms with Gasteiger partial charge in [0.1, 0.15) is 0 Å². The van der Waals surface area contributed by atoms with Gasteiger partial charge in [-0.15, -0.1) is 0 Å². The van der Waals surface area contributed by atoms with Gasteiger partial charge >= 0.3 is 0 Å². The molecule has 4 heteroatoms. The first-order chi connectivity index (χ1) is 6.42. The van der Waals surface area contributed by atoms with Gasteiger partial charge in [-0.3, -0.25) is 4.98 Å². The van der Waals surface area contributed by atoms with Gasteiger partial charge in [0, 0.05) is 11.9 Å². The Balaban J connectivity index is 2.99. The highest BCUT2D eigenvalue weighted by Gasteiger charge is 2.16. The monoisotopic (exact) mass is 213 g/mol. The van der Waals surface area contributed by atoms with Crippen molar-refractivity contribution < 1.29 is 8.42 Å². The minimum Gasteiger partial charge on any atom is -0.260 e. The molecule has 0 saturated carbocycles. The van der Waals surface area contributed by atoms with Gasteiger partial charge < -0.3 is 0 Å². The molecule has 0 aliphatic carbocycles. The lowest BCUT2D eigenvalue weighted by atomic mass is 10.3. The molecule has 0 atom stereocenters. The highest BCUT2D eigenvalue weighted by atomic mass is 32.2. The van der Waals surface area contributed by atoms with E-state index in [1.807, 2.05) is 20.8 Å². The van der Waals surface area contributed by atoms with E-state index in [1.54, 1.807) is 12.1 Å². The molecule has 0 aliphatic rings. The molecule has 1 aromatic rings. The fourth-order valence-electron chi connectivity index (χ4n) is 1.17. The zero-order valence-corrected chi connectivity index (χ0v) is 9.50. The normalized spacial score (nSPS) is 12.0. The maximum Gasteiger partial charge on any atom is 0.180 e. The standard InChI is InChI=1S/C10H15NO2S/c1-8(2)7-14(12,13)10-5-4-9(3)11-6-10/h4-6,8H,7H2,1-3H3. The van der Waals surface area contributed by atoms with Crippen molar-refractivity contribution in [1.82, 2.24) is 4.98 Å². The summed E-state index contributed by atoms with van der Waals surface area (Å²) in [6, 6.07) is 3.33. The van der Waals surface area contributed by atoms with Crippen LogP contribution >= 0.6 is 0 Å². The number of pyridine rings is 1. The third-order valence-electron chi connectivity index (χ3n) is 1.80. The molecule has 0 spiro atoms. The van der Waals surface area contributed by atoms with Crippen LogP contribution in [0.1, 0.15) is 19.5 Å². The maximum atomic E-state index is 11.7. The molecule has 14 heavy (non-hydrogen) atoms. The number of aryl methyl sites for hydroxylation is 1. The van der Waals surface area contributed by atoms with Crippen LogP contribution in [0, 0.1) is 12.8 Å².